The Morgan fingerprint density at radius 1 is 1.14 bits per heavy atom. The monoisotopic (exact) mass is 522 g/mol. The number of rotatable bonds is 9. The maximum Gasteiger partial charge on any atom is 0.147 e. The molecule has 0 saturated heterocycles. The number of nitrogens with one attached hydrogen (secondary N) is 1. The fourth-order valence-electron chi connectivity index (χ4n) is 5.68. The molecule has 2 aliphatic rings. The Hall–Kier alpha value is -2.93. The van der Waals surface area contributed by atoms with E-state index in [1.165, 1.54) is 12.7 Å². The highest BCUT2D eigenvalue weighted by Crippen LogP contribution is 2.46. The normalized spacial score (nSPS) is 20.5. The van der Waals surface area contributed by atoms with E-state index in [4.69, 9.17) is 4.74 Å². The average molecular weight is 523 g/mol. The van der Waals surface area contributed by atoms with Crippen molar-refractivity contribution in [3.8, 4) is 16.9 Å². The van der Waals surface area contributed by atoms with E-state index in [1.807, 2.05) is 38.2 Å². The van der Waals surface area contributed by atoms with Crippen molar-refractivity contribution in [2.75, 3.05) is 23.9 Å². The zero-order valence-corrected chi connectivity index (χ0v) is 22.8. The van der Waals surface area contributed by atoms with Gasteiger partial charge >= 0.3 is 0 Å². The molecule has 7 heteroatoms. The first-order valence-electron chi connectivity index (χ1n) is 13.1. The minimum atomic E-state index is -3.00. The Kier molecular flexibility index (Phi) is 7.01. The fourth-order valence-corrected chi connectivity index (χ4v) is 6.32. The van der Waals surface area contributed by atoms with Crippen LogP contribution in [-0.2, 0) is 16.3 Å². The molecule has 2 aromatic carbocycles. The molecule has 5 rings (SSSR count). The van der Waals surface area contributed by atoms with Crippen molar-refractivity contribution < 1.29 is 17.5 Å². The predicted molar refractivity (Wildman–Crippen MR) is 147 cm³/mol. The molecular formula is C30H35FN2O3S. The van der Waals surface area contributed by atoms with Gasteiger partial charge in [-0.2, -0.15) is 0 Å². The van der Waals surface area contributed by atoms with E-state index < -0.39 is 9.84 Å². The largest absolute Gasteiger partial charge is 0.494 e. The second kappa shape index (κ2) is 10.1. The third-order valence-electron chi connectivity index (χ3n) is 7.66. The van der Waals surface area contributed by atoms with Gasteiger partial charge in [-0.3, -0.25) is 4.98 Å². The summed E-state index contributed by atoms with van der Waals surface area (Å²) in [6.07, 6.45) is 6.40. The molecule has 1 aromatic heterocycles. The van der Waals surface area contributed by atoms with Crippen molar-refractivity contribution >= 4 is 15.5 Å². The molecule has 3 atom stereocenters. The molecule has 196 valence electrons. The van der Waals surface area contributed by atoms with Crippen molar-refractivity contribution in [1.82, 2.24) is 4.98 Å². The molecule has 0 radical (unpaired) electrons. The van der Waals surface area contributed by atoms with Crippen molar-refractivity contribution in [3.63, 3.8) is 0 Å². The predicted octanol–water partition coefficient (Wildman–Crippen LogP) is 6.54. The van der Waals surface area contributed by atoms with Gasteiger partial charge in [-0.15, -0.1) is 0 Å². The van der Waals surface area contributed by atoms with Crippen molar-refractivity contribution in [2.45, 2.75) is 58.4 Å². The lowest BCUT2D eigenvalue weighted by Crippen LogP contribution is -2.10. The smallest absolute Gasteiger partial charge is 0.147 e. The van der Waals surface area contributed by atoms with Gasteiger partial charge < -0.3 is 10.1 Å². The zero-order valence-electron chi connectivity index (χ0n) is 22.0. The van der Waals surface area contributed by atoms with Crippen molar-refractivity contribution in [1.29, 1.82) is 0 Å². The molecule has 0 bridgehead atoms. The Morgan fingerprint density at radius 2 is 1.86 bits per heavy atom. The number of hydrogen-bond donors (Lipinski definition) is 1. The van der Waals surface area contributed by atoms with Gasteiger partial charge in [0.2, 0.25) is 0 Å². The van der Waals surface area contributed by atoms with Crippen molar-refractivity contribution in [2.24, 2.45) is 5.92 Å². The third-order valence-corrected chi connectivity index (χ3v) is 8.69. The standard InChI is InChI=1S/C30H35FN2O3S/c1-18-16-25(18)27-10-6-21(17-32-27)33-28-11-8-24-23(7-9-26(31)30(24)28)29-19(2)14-22(15-20(29)3)36-12-5-13-37(4,34)35/h6-7,9-10,14-15,17-18,25,28,33H,5,8,11-13,16H2,1-4H3/t18-,25-,28+/m0/s1. The Labute approximate surface area is 219 Å². The van der Waals surface area contributed by atoms with E-state index in [0.29, 0.717) is 24.9 Å². The molecule has 1 heterocycles. The lowest BCUT2D eigenvalue weighted by atomic mass is 9.90. The first kappa shape index (κ1) is 25.7. The molecule has 37 heavy (non-hydrogen) atoms. The number of ether oxygens (including phenoxy) is 1. The molecule has 0 unspecified atom stereocenters. The van der Waals surface area contributed by atoms with Crippen LogP contribution < -0.4 is 10.1 Å². The molecular weight excluding hydrogens is 487 g/mol. The van der Waals surface area contributed by atoms with Gasteiger partial charge in [-0.25, -0.2) is 12.8 Å². The van der Waals surface area contributed by atoms with Crippen LogP contribution in [0.4, 0.5) is 10.1 Å². The van der Waals surface area contributed by atoms with Crippen LogP contribution >= 0.6 is 0 Å². The Morgan fingerprint density at radius 3 is 2.49 bits per heavy atom. The highest BCUT2D eigenvalue weighted by atomic mass is 32.2. The van der Waals surface area contributed by atoms with Crippen LogP contribution in [0.3, 0.4) is 0 Å². The van der Waals surface area contributed by atoms with E-state index in [1.54, 1.807) is 6.07 Å². The molecule has 1 fully saturated rings. The number of aromatic nitrogens is 1. The molecule has 3 aromatic rings. The SMILES string of the molecule is Cc1cc(OCCCS(C)(=O)=O)cc(C)c1-c1ccc(F)c2c1CC[C@H]2Nc1ccc([C@H]2C[C@@H]2C)nc1. The fraction of sp³-hybridized carbons (Fsp3) is 0.433. The van der Waals surface area contributed by atoms with Gasteiger partial charge in [-0.05, 0) is 104 Å². The summed E-state index contributed by atoms with van der Waals surface area (Å²) in [6, 6.07) is 11.5. The molecule has 1 N–H and O–H groups in total. The second-order valence-electron chi connectivity index (χ2n) is 10.8. The topological polar surface area (TPSA) is 68.3 Å². The molecule has 5 nitrogen and oxygen atoms in total. The minimum Gasteiger partial charge on any atom is -0.494 e. The Balaban J connectivity index is 1.36. The molecule has 0 spiro atoms. The van der Waals surface area contributed by atoms with Crippen LogP contribution in [0.2, 0.25) is 0 Å². The number of pyridine rings is 1. The second-order valence-corrected chi connectivity index (χ2v) is 13.0. The summed E-state index contributed by atoms with van der Waals surface area (Å²) < 4.78 is 43.7. The van der Waals surface area contributed by atoms with Crippen LogP contribution in [0.15, 0.2) is 42.6 Å². The number of anilines is 1. The zero-order chi connectivity index (χ0) is 26.3. The lowest BCUT2D eigenvalue weighted by molar-refractivity contribution is 0.317. The molecule has 0 amide bonds. The molecule has 2 aliphatic carbocycles. The summed E-state index contributed by atoms with van der Waals surface area (Å²) in [5.74, 6) is 1.96. The van der Waals surface area contributed by atoms with Crippen molar-refractivity contribution in [3.05, 3.63) is 76.4 Å². The van der Waals surface area contributed by atoms with Crippen LogP contribution in [0, 0.1) is 25.6 Å². The first-order chi connectivity index (χ1) is 17.6. The number of nitrogens with zero attached hydrogens (tertiary/aromatic N) is 1. The highest BCUT2D eigenvalue weighted by molar-refractivity contribution is 7.90. The number of fused-ring (bicyclic) bond motifs is 1. The van der Waals surface area contributed by atoms with Gasteiger partial charge in [0, 0.05) is 23.4 Å². The number of halogens is 1. The van der Waals surface area contributed by atoms with Crippen LogP contribution in [0.5, 0.6) is 5.75 Å². The lowest BCUT2D eigenvalue weighted by Gasteiger charge is -2.19. The van der Waals surface area contributed by atoms with E-state index in [9.17, 15) is 8.42 Å². The maximum absolute atomic E-state index is 15.2. The number of benzene rings is 2. The first-order valence-corrected chi connectivity index (χ1v) is 15.1. The van der Waals surface area contributed by atoms with Gasteiger partial charge in [0.05, 0.1) is 30.3 Å². The van der Waals surface area contributed by atoms with E-state index in [0.717, 1.165) is 63.4 Å². The van der Waals surface area contributed by atoms with Crippen LogP contribution in [0.25, 0.3) is 11.1 Å². The van der Waals surface area contributed by atoms with E-state index in [2.05, 4.69) is 29.4 Å². The van der Waals surface area contributed by atoms with E-state index >= 15 is 4.39 Å². The maximum atomic E-state index is 15.2. The quantitative estimate of drug-likeness (QED) is 0.323. The van der Waals surface area contributed by atoms with E-state index in [-0.39, 0.29) is 17.6 Å². The average Bonchev–Trinajstić information content (AvgIpc) is 3.41. The summed E-state index contributed by atoms with van der Waals surface area (Å²) in [7, 11) is -3.00. The van der Waals surface area contributed by atoms with Gasteiger partial charge in [0.25, 0.3) is 0 Å². The summed E-state index contributed by atoms with van der Waals surface area (Å²) in [4.78, 5) is 4.65. The third kappa shape index (κ3) is 5.66. The van der Waals surface area contributed by atoms with Gasteiger partial charge in [0.1, 0.15) is 21.4 Å². The number of aryl methyl sites for hydroxylation is 2. The summed E-state index contributed by atoms with van der Waals surface area (Å²) in [5.41, 5.74) is 8.14. The minimum absolute atomic E-state index is 0.0967. The summed E-state index contributed by atoms with van der Waals surface area (Å²) in [5, 5.41) is 3.53. The molecule has 1 saturated carbocycles. The number of sulfone groups is 1. The summed E-state index contributed by atoms with van der Waals surface area (Å²) in [6.45, 7) is 6.68. The van der Waals surface area contributed by atoms with Gasteiger partial charge in [-0.1, -0.05) is 13.0 Å². The van der Waals surface area contributed by atoms with Crippen LogP contribution in [0.1, 0.15) is 66.1 Å². The highest BCUT2D eigenvalue weighted by Gasteiger charge is 2.35. The summed E-state index contributed by atoms with van der Waals surface area (Å²) >= 11 is 0. The van der Waals surface area contributed by atoms with Crippen LogP contribution in [-0.4, -0.2) is 32.0 Å². The Bertz CT molecular complexity index is 1400. The molecule has 0 aliphatic heterocycles. The number of hydrogen-bond acceptors (Lipinski definition) is 5. The van der Waals surface area contributed by atoms with Gasteiger partial charge in [0.15, 0.2) is 0 Å².